The summed E-state index contributed by atoms with van der Waals surface area (Å²) in [4.78, 5) is 37.9. The van der Waals surface area contributed by atoms with Crippen LogP contribution in [0.25, 0.3) is 0 Å². The summed E-state index contributed by atoms with van der Waals surface area (Å²) in [5.74, 6) is -0.239. The van der Waals surface area contributed by atoms with Crippen molar-refractivity contribution in [3.05, 3.63) is 23.8 Å². The minimum Gasteiger partial charge on any atom is -0.450 e. The highest BCUT2D eigenvalue weighted by Crippen LogP contribution is 2.69. The molecule has 4 aliphatic rings. The number of allylic oxidation sites excluding steroid dienone is 4. The van der Waals surface area contributed by atoms with Crippen LogP contribution >= 0.6 is 15.9 Å². The van der Waals surface area contributed by atoms with Crippen LogP contribution in [0.2, 0.25) is 0 Å². The molecular weight excluding hydrogens is 460 g/mol. The zero-order valence-electron chi connectivity index (χ0n) is 18.8. The van der Waals surface area contributed by atoms with Crippen LogP contribution in [0, 0.1) is 34.5 Å². The smallest absolute Gasteiger partial charge is 0.306 e. The van der Waals surface area contributed by atoms with E-state index in [-0.39, 0.29) is 58.4 Å². The number of aliphatic hydroxyl groups excluding tert-OH is 1. The number of Topliss-reactive ketones (excluding diaryl/α,β-unsaturated/α-hetero) is 1. The van der Waals surface area contributed by atoms with E-state index in [9.17, 15) is 19.5 Å². The average molecular weight is 493 g/mol. The van der Waals surface area contributed by atoms with Crippen molar-refractivity contribution in [1.29, 1.82) is 0 Å². The standard InChI is InChI=1S/C25H33BrO5/c1-5-21(30)31-25(20(29)13-26)14(2)10-18-17-7-6-15-11-16(27)8-9-23(15,3)22(17)19(28)12-24(18,25)4/h8-9,11,14,17-19,22,28H,5-7,10,12-13H2,1-4H3/t14-,17+,18+,19+,22-,23+,24+,25-/m1/s1. The zero-order valence-corrected chi connectivity index (χ0v) is 20.4. The summed E-state index contributed by atoms with van der Waals surface area (Å²) in [6.07, 6.45) is 7.81. The summed E-state index contributed by atoms with van der Waals surface area (Å²) < 4.78 is 6.06. The number of rotatable bonds is 4. The number of carbonyl (C=O) groups excluding carboxylic acids is 3. The first-order chi connectivity index (χ1) is 14.5. The first-order valence-electron chi connectivity index (χ1n) is 11.5. The number of ketones is 2. The van der Waals surface area contributed by atoms with Crippen LogP contribution in [0.3, 0.4) is 0 Å². The second kappa shape index (κ2) is 7.65. The molecule has 0 spiro atoms. The van der Waals surface area contributed by atoms with E-state index >= 15 is 0 Å². The number of hydrogen-bond acceptors (Lipinski definition) is 5. The van der Waals surface area contributed by atoms with Gasteiger partial charge >= 0.3 is 5.97 Å². The number of ether oxygens (including phenoxy) is 1. The second-order valence-electron chi connectivity index (χ2n) is 10.5. The molecular formula is C25H33BrO5. The summed E-state index contributed by atoms with van der Waals surface area (Å²) in [5, 5.41) is 11.7. The molecule has 0 radical (unpaired) electrons. The Morgan fingerprint density at radius 2 is 2.03 bits per heavy atom. The topological polar surface area (TPSA) is 80.7 Å². The van der Waals surface area contributed by atoms with Crippen molar-refractivity contribution in [2.45, 2.75) is 71.5 Å². The molecule has 31 heavy (non-hydrogen) atoms. The molecule has 6 heteroatoms. The highest BCUT2D eigenvalue weighted by molar-refractivity contribution is 9.09. The molecule has 4 rings (SSSR count). The number of alkyl halides is 1. The molecule has 0 saturated heterocycles. The number of aliphatic hydroxyl groups is 1. The molecule has 4 aliphatic carbocycles. The Morgan fingerprint density at radius 1 is 1.32 bits per heavy atom. The Bertz CT molecular complexity index is 877. The molecule has 0 unspecified atom stereocenters. The molecule has 170 valence electrons. The van der Waals surface area contributed by atoms with Gasteiger partial charge in [-0.3, -0.25) is 14.4 Å². The molecule has 0 heterocycles. The predicted molar refractivity (Wildman–Crippen MR) is 120 cm³/mol. The molecule has 0 bridgehead atoms. The van der Waals surface area contributed by atoms with E-state index in [1.807, 2.05) is 13.0 Å². The van der Waals surface area contributed by atoms with Crippen LogP contribution in [0.15, 0.2) is 23.8 Å². The maximum atomic E-state index is 13.4. The van der Waals surface area contributed by atoms with Crippen molar-refractivity contribution in [2.24, 2.45) is 34.5 Å². The summed E-state index contributed by atoms with van der Waals surface area (Å²) in [5.41, 5.74) is -1.11. The fraction of sp³-hybridized carbons (Fsp3) is 0.720. The summed E-state index contributed by atoms with van der Waals surface area (Å²) in [6.45, 7) is 7.95. The van der Waals surface area contributed by atoms with Crippen molar-refractivity contribution in [3.63, 3.8) is 0 Å². The highest BCUT2D eigenvalue weighted by Gasteiger charge is 2.72. The van der Waals surface area contributed by atoms with Crippen molar-refractivity contribution < 1.29 is 24.2 Å². The molecule has 0 aliphatic heterocycles. The summed E-state index contributed by atoms with van der Waals surface area (Å²) in [6, 6.07) is 0. The first kappa shape index (κ1) is 22.9. The molecule has 8 atom stereocenters. The highest BCUT2D eigenvalue weighted by atomic mass is 79.9. The van der Waals surface area contributed by atoms with Gasteiger partial charge in [0.2, 0.25) is 0 Å². The third-order valence-electron chi connectivity index (χ3n) is 9.13. The van der Waals surface area contributed by atoms with Crippen LogP contribution in [0.4, 0.5) is 0 Å². The molecule has 1 N–H and O–H groups in total. The maximum absolute atomic E-state index is 13.4. The van der Waals surface area contributed by atoms with Crippen molar-refractivity contribution >= 4 is 33.5 Å². The summed E-state index contributed by atoms with van der Waals surface area (Å²) in [7, 11) is 0. The molecule has 3 saturated carbocycles. The Labute approximate surface area is 192 Å². The number of esters is 1. The van der Waals surface area contributed by atoms with Gasteiger partial charge in [-0.1, -0.05) is 55.3 Å². The van der Waals surface area contributed by atoms with Gasteiger partial charge in [-0.05, 0) is 49.7 Å². The molecule has 0 aromatic rings. The number of halogens is 1. The van der Waals surface area contributed by atoms with Crippen LogP contribution in [-0.4, -0.2) is 39.7 Å². The Hall–Kier alpha value is -1.27. The average Bonchev–Trinajstić information content (AvgIpc) is 2.94. The zero-order chi connectivity index (χ0) is 22.8. The van der Waals surface area contributed by atoms with Gasteiger partial charge in [-0.2, -0.15) is 0 Å². The minimum atomic E-state index is -1.23. The molecule has 0 aromatic carbocycles. The SMILES string of the molecule is CCC(=O)O[C@@]1(C(=O)CBr)[C@H](C)C[C@H]2[C@@H]3CCC4=CC(=O)C=C[C@]4(C)[C@H]3[C@@H](O)C[C@@]21C. The van der Waals surface area contributed by atoms with Crippen LogP contribution in [0.1, 0.15) is 59.8 Å². The van der Waals surface area contributed by atoms with Gasteiger partial charge in [-0.15, -0.1) is 0 Å². The lowest BCUT2D eigenvalue weighted by Gasteiger charge is -2.60. The lowest BCUT2D eigenvalue weighted by atomic mass is 9.46. The van der Waals surface area contributed by atoms with Gasteiger partial charge in [0.15, 0.2) is 17.2 Å². The third-order valence-corrected chi connectivity index (χ3v) is 9.64. The van der Waals surface area contributed by atoms with Gasteiger partial charge in [-0.25, -0.2) is 0 Å². The fourth-order valence-electron chi connectivity index (χ4n) is 7.86. The van der Waals surface area contributed by atoms with Crippen molar-refractivity contribution in [3.8, 4) is 0 Å². The van der Waals surface area contributed by atoms with Gasteiger partial charge in [0.05, 0.1) is 11.4 Å². The van der Waals surface area contributed by atoms with Crippen LogP contribution < -0.4 is 0 Å². The van der Waals surface area contributed by atoms with Crippen molar-refractivity contribution in [1.82, 2.24) is 0 Å². The number of hydrogen-bond donors (Lipinski definition) is 1. The van der Waals surface area contributed by atoms with Gasteiger partial charge in [0.25, 0.3) is 0 Å². The van der Waals surface area contributed by atoms with E-state index in [1.54, 1.807) is 19.1 Å². The molecule has 0 amide bonds. The quantitative estimate of drug-likeness (QED) is 0.470. The number of carbonyl (C=O) groups is 3. The Balaban J connectivity index is 1.80. The Kier molecular flexibility index (Phi) is 5.65. The largest absolute Gasteiger partial charge is 0.450 e. The van der Waals surface area contributed by atoms with Crippen LogP contribution in [0.5, 0.6) is 0 Å². The number of fused-ring (bicyclic) bond motifs is 5. The van der Waals surface area contributed by atoms with E-state index in [0.717, 1.165) is 24.8 Å². The van der Waals surface area contributed by atoms with Gasteiger partial charge in [0.1, 0.15) is 0 Å². The lowest BCUT2D eigenvalue weighted by Crippen LogP contribution is -2.64. The van der Waals surface area contributed by atoms with E-state index in [2.05, 4.69) is 29.8 Å². The van der Waals surface area contributed by atoms with Crippen LogP contribution in [-0.2, 0) is 19.1 Å². The second-order valence-corrected chi connectivity index (χ2v) is 11.0. The predicted octanol–water partition coefficient (Wildman–Crippen LogP) is 4.17. The molecule has 5 nitrogen and oxygen atoms in total. The van der Waals surface area contributed by atoms with Crippen molar-refractivity contribution in [2.75, 3.05) is 5.33 Å². The lowest BCUT2D eigenvalue weighted by molar-refractivity contribution is -0.202. The van der Waals surface area contributed by atoms with E-state index < -0.39 is 17.1 Å². The Morgan fingerprint density at radius 3 is 2.68 bits per heavy atom. The van der Waals surface area contributed by atoms with E-state index in [0.29, 0.717) is 6.42 Å². The normalized spacial score (nSPS) is 45.9. The van der Waals surface area contributed by atoms with Gasteiger partial charge < -0.3 is 9.84 Å². The summed E-state index contributed by atoms with van der Waals surface area (Å²) >= 11 is 3.33. The van der Waals surface area contributed by atoms with E-state index in [4.69, 9.17) is 4.74 Å². The monoisotopic (exact) mass is 492 g/mol. The minimum absolute atomic E-state index is 0.0149. The van der Waals surface area contributed by atoms with E-state index in [1.165, 1.54) is 0 Å². The first-order valence-corrected chi connectivity index (χ1v) is 12.6. The third kappa shape index (κ3) is 3.00. The van der Waals surface area contributed by atoms with Gasteiger partial charge in [0, 0.05) is 29.1 Å². The molecule has 0 aromatic heterocycles. The fourth-order valence-corrected chi connectivity index (χ4v) is 8.28. The maximum Gasteiger partial charge on any atom is 0.306 e. The molecule has 3 fully saturated rings.